The number of hydrogen-bond acceptors (Lipinski definition) is 5. The molecule has 2 N–H and O–H groups in total. The van der Waals surface area contributed by atoms with Gasteiger partial charge >= 0.3 is 0 Å². The van der Waals surface area contributed by atoms with Crippen molar-refractivity contribution in [1.82, 2.24) is 10.3 Å². The lowest BCUT2D eigenvalue weighted by molar-refractivity contribution is -0.383. The number of pyridine rings is 1. The number of fused-ring (bicyclic) bond motifs is 1. The Morgan fingerprint density at radius 1 is 1.31 bits per heavy atom. The molecule has 0 unspecified atom stereocenters. The predicted octanol–water partition coefficient (Wildman–Crippen LogP) is 3.73. The summed E-state index contributed by atoms with van der Waals surface area (Å²) in [6, 6.07) is 10.2. The lowest BCUT2D eigenvalue weighted by Crippen LogP contribution is -2.27. The van der Waals surface area contributed by atoms with Gasteiger partial charge in [0.15, 0.2) is 0 Å². The van der Waals surface area contributed by atoms with Crippen molar-refractivity contribution >= 4 is 34.1 Å². The van der Waals surface area contributed by atoms with E-state index < -0.39 is 11.0 Å². The van der Waals surface area contributed by atoms with Crippen molar-refractivity contribution in [3.8, 4) is 5.75 Å². The molecular formula is C18H14ClN3O4. The Hall–Kier alpha value is -3.19. The van der Waals surface area contributed by atoms with Crippen LogP contribution in [0.15, 0.2) is 48.7 Å². The first-order valence-corrected chi connectivity index (χ1v) is 8.04. The monoisotopic (exact) mass is 371 g/mol. The standard InChI is InChI=1S/C18H14ClN3O4/c1-10(23)21-16(11-4-6-12(19)7-5-11)14-9-15(22(25)26)13-3-2-8-20-17(13)18(14)24/h2-9,16,24H,1H3,(H,21,23)/t16-/m0/s1. The highest BCUT2D eigenvalue weighted by molar-refractivity contribution is 6.30. The average molecular weight is 372 g/mol. The largest absolute Gasteiger partial charge is 0.505 e. The number of carbonyl (C=O) groups excluding carboxylic acids is 1. The minimum absolute atomic E-state index is 0.0982. The van der Waals surface area contributed by atoms with Crippen LogP contribution in [0.4, 0.5) is 5.69 Å². The minimum atomic E-state index is -0.796. The normalized spacial score (nSPS) is 11.9. The van der Waals surface area contributed by atoms with E-state index >= 15 is 0 Å². The van der Waals surface area contributed by atoms with Gasteiger partial charge < -0.3 is 10.4 Å². The summed E-state index contributed by atoms with van der Waals surface area (Å²) in [5, 5.41) is 25.6. The molecule has 0 saturated carbocycles. The molecule has 0 bridgehead atoms. The molecule has 0 aliphatic rings. The van der Waals surface area contributed by atoms with E-state index in [0.29, 0.717) is 10.6 Å². The molecular weight excluding hydrogens is 358 g/mol. The second-order valence-electron chi connectivity index (χ2n) is 5.68. The second-order valence-corrected chi connectivity index (χ2v) is 6.11. The fourth-order valence-electron chi connectivity index (χ4n) is 2.80. The molecule has 0 aliphatic carbocycles. The zero-order valence-corrected chi connectivity index (χ0v) is 14.4. The topological polar surface area (TPSA) is 105 Å². The van der Waals surface area contributed by atoms with Gasteiger partial charge in [0.1, 0.15) is 11.3 Å². The maximum atomic E-state index is 11.7. The number of aromatic hydroxyl groups is 1. The van der Waals surface area contributed by atoms with E-state index in [9.17, 15) is 20.0 Å². The van der Waals surface area contributed by atoms with Gasteiger partial charge in [-0.1, -0.05) is 23.7 Å². The average Bonchev–Trinajstić information content (AvgIpc) is 2.61. The highest BCUT2D eigenvalue weighted by Crippen LogP contribution is 2.39. The van der Waals surface area contributed by atoms with Crippen LogP contribution in [0.25, 0.3) is 10.9 Å². The van der Waals surface area contributed by atoms with Crippen molar-refractivity contribution < 1.29 is 14.8 Å². The van der Waals surface area contributed by atoms with Gasteiger partial charge in [0, 0.05) is 29.8 Å². The first-order valence-electron chi connectivity index (χ1n) is 7.66. The smallest absolute Gasteiger partial charge is 0.279 e. The van der Waals surface area contributed by atoms with Crippen LogP contribution in [0.3, 0.4) is 0 Å². The number of phenolic OH excluding ortho intramolecular Hbond substituents is 1. The summed E-state index contributed by atoms with van der Waals surface area (Å²) in [6.07, 6.45) is 1.44. The zero-order valence-electron chi connectivity index (χ0n) is 13.6. The highest BCUT2D eigenvalue weighted by atomic mass is 35.5. The Balaban J connectivity index is 2.28. The highest BCUT2D eigenvalue weighted by Gasteiger charge is 2.26. The van der Waals surface area contributed by atoms with Gasteiger partial charge in [-0.25, -0.2) is 0 Å². The molecule has 132 valence electrons. The van der Waals surface area contributed by atoms with Gasteiger partial charge in [-0.2, -0.15) is 0 Å². The fourth-order valence-corrected chi connectivity index (χ4v) is 2.93. The number of rotatable bonds is 4. The number of halogens is 1. The van der Waals surface area contributed by atoms with E-state index in [1.54, 1.807) is 30.3 Å². The summed E-state index contributed by atoms with van der Waals surface area (Å²) in [7, 11) is 0. The number of carbonyl (C=O) groups is 1. The third kappa shape index (κ3) is 3.29. The van der Waals surface area contributed by atoms with Crippen LogP contribution in [0.5, 0.6) is 5.75 Å². The van der Waals surface area contributed by atoms with E-state index in [1.807, 2.05) is 0 Å². The summed E-state index contributed by atoms with van der Waals surface area (Å²) >= 11 is 5.91. The van der Waals surface area contributed by atoms with E-state index in [4.69, 9.17) is 11.6 Å². The Morgan fingerprint density at radius 3 is 2.62 bits per heavy atom. The van der Waals surface area contributed by atoms with Crippen LogP contribution < -0.4 is 5.32 Å². The summed E-state index contributed by atoms with van der Waals surface area (Å²) in [4.78, 5) is 26.7. The number of non-ortho nitro benzene ring substituents is 1. The quantitative estimate of drug-likeness (QED) is 0.537. The number of phenols is 1. The lowest BCUT2D eigenvalue weighted by Gasteiger charge is -2.20. The van der Waals surface area contributed by atoms with Crippen molar-refractivity contribution in [1.29, 1.82) is 0 Å². The van der Waals surface area contributed by atoms with Gasteiger partial charge in [-0.3, -0.25) is 19.9 Å². The first kappa shape index (κ1) is 17.6. The number of aromatic nitrogens is 1. The number of amides is 1. The third-order valence-corrected chi connectivity index (χ3v) is 4.18. The molecule has 1 aromatic heterocycles. The molecule has 0 saturated heterocycles. The maximum Gasteiger partial charge on any atom is 0.279 e. The van der Waals surface area contributed by atoms with E-state index in [-0.39, 0.29) is 33.8 Å². The molecule has 1 heterocycles. The van der Waals surface area contributed by atoms with Gasteiger partial charge in [0.25, 0.3) is 5.69 Å². The molecule has 0 fully saturated rings. The van der Waals surface area contributed by atoms with Crippen LogP contribution in [0.2, 0.25) is 5.02 Å². The van der Waals surface area contributed by atoms with E-state index in [2.05, 4.69) is 10.3 Å². The summed E-state index contributed by atoms with van der Waals surface area (Å²) in [5.41, 5.74) is 0.691. The van der Waals surface area contributed by atoms with Crippen LogP contribution in [0, 0.1) is 10.1 Å². The first-order chi connectivity index (χ1) is 12.4. The SMILES string of the molecule is CC(=O)N[C@@H](c1ccc(Cl)cc1)c1cc([N+](=O)[O-])c2cccnc2c1O. The Bertz CT molecular complexity index is 1010. The van der Waals surface area contributed by atoms with Crippen LogP contribution in [-0.2, 0) is 4.79 Å². The van der Waals surface area contributed by atoms with E-state index in [1.165, 1.54) is 25.3 Å². The molecule has 2 aromatic carbocycles. The number of hydrogen-bond donors (Lipinski definition) is 2. The van der Waals surface area contributed by atoms with Gasteiger partial charge in [-0.05, 0) is 29.8 Å². The molecule has 3 rings (SSSR count). The second kappa shape index (κ2) is 6.97. The van der Waals surface area contributed by atoms with E-state index in [0.717, 1.165) is 0 Å². The molecule has 0 radical (unpaired) electrons. The maximum absolute atomic E-state index is 11.7. The Morgan fingerprint density at radius 2 is 2.00 bits per heavy atom. The molecule has 0 aliphatic heterocycles. The zero-order chi connectivity index (χ0) is 18.8. The van der Waals surface area contributed by atoms with Gasteiger partial charge in [0.2, 0.25) is 5.91 Å². The van der Waals surface area contributed by atoms with Crippen LogP contribution >= 0.6 is 11.6 Å². The summed E-state index contributed by atoms with van der Waals surface area (Å²) in [5.74, 6) is -0.576. The number of nitrogens with one attached hydrogen (secondary N) is 1. The fraction of sp³-hybridized carbons (Fsp3) is 0.111. The summed E-state index contributed by atoms with van der Waals surface area (Å²) in [6.45, 7) is 1.33. The van der Waals surface area contributed by atoms with Crippen molar-refractivity contribution in [2.24, 2.45) is 0 Å². The number of benzene rings is 2. The van der Waals surface area contributed by atoms with Crippen molar-refractivity contribution in [3.05, 3.63) is 74.9 Å². The van der Waals surface area contributed by atoms with Crippen LogP contribution in [0.1, 0.15) is 24.1 Å². The summed E-state index contributed by atoms with van der Waals surface area (Å²) < 4.78 is 0. The molecule has 26 heavy (non-hydrogen) atoms. The molecule has 1 atom stereocenters. The molecule has 7 nitrogen and oxygen atoms in total. The predicted molar refractivity (Wildman–Crippen MR) is 97.2 cm³/mol. The minimum Gasteiger partial charge on any atom is -0.505 e. The Kier molecular flexibility index (Phi) is 4.73. The number of nitro benzene ring substituents is 1. The number of nitrogens with zero attached hydrogens (tertiary/aromatic N) is 2. The van der Waals surface area contributed by atoms with Gasteiger partial charge in [0.05, 0.1) is 16.4 Å². The van der Waals surface area contributed by atoms with Crippen molar-refractivity contribution in [3.63, 3.8) is 0 Å². The number of nitro groups is 1. The molecule has 8 heteroatoms. The Labute approximate surface area is 153 Å². The van der Waals surface area contributed by atoms with Crippen molar-refractivity contribution in [2.75, 3.05) is 0 Å². The third-order valence-electron chi connectivity index (χ3n) is 3.93. The molecule has 3 aromatic rings. The van der Waals surface area contributed by atoms with Crippen molar-refractivity contribution in [2.45, 2.75) is 13.0 Å². The van der Waals surface area contributed by atoms with Crippen LogP contribution in [-0.4, -0.2) is 20.9 Å². The lowest BCUT2D eigenvalue weighted by atomic mass is 9.95. The molecule has 1 amide bonds. The van der Waals surface area contributed by atoms with Gasteiger partial charge in [-0.15, -0.1) is 0 Å². The molecule has 0 spiro atoms.